The van der Waals surface area contributed by atoms with Crippen molar-refractivity contribution in [3.8, 4) is 0 Å². The van der Waals surface area contributed by atoms with Crippen molar-refractivity contribution in [2.75, 3.05) is 27.2 Å². The fourth-order valence-electron chi connectivity index (χ4n) is 2.65. The van der Waals surface area contributed by atoms with Gasteiger partial charge in [0.2, 0.25) is 0 Å². The molecule has 1 fully saturated rings. The minimum Gasteiger partial charge on any atom is -0.332 e. The molecule has 6 nitrogen and oxygen atoms in total. The maximum absolute atomic E-state index is 12.8. The molecule has 1 aromatic heterocycles. The smallest absolute Gasteiger partial charge is 0.260 e. The molecule has 0 radical (unpaired) electrons. The zero-order chi connectivity index (χ0) is 14.8. The van der Waals surface area contributed by atoms with Gasteiger partial charge in [-0.2, -0.15) is 4.31 Å². The first-order valence-corrected chi connectivity index (χ1v) is 8.53. The van der Waals surface area contributed by atoms with Gasteiger partial charge in [0.25, 0.3) is 10.0 Å². The molecule has 1 aliphatic carbocycles. The average molecular weight is 300 g/mol. The lowest BCUT2D eigenvalue weighted by Gasteiger charge is -2.28. The third-order valence-corrected chi connectivity index (χ3v) is 5.63. The lowest BCUT2D eigenvalue weighted by molar-refractivity contribution is 0.281. The van der Waals surface area contributed by atoms with Gasteiger partial charge < -0.3 is 9.88 Å². The highest BCUT2D eigenvalue weighted by Gasteiger charge is 2.34. The fraction of sp³-hybridized carbons (Fsp3) is 0.769. The average Bonchev–Trinajstić information content (AvgIpc) is 3.00. The Balaban J connectivity index is 2.24. The molecule has 1 aromatic rings. The van der Waals surface area contributed by atoms with Gasteiger partial charge >= 0.3 is 0 Å². The van der Waals surface area contributed by atoms with Crippen LogP contribution in [0, 0.1) is 6.92 Å². The second kappa shape index (κ2) is 6.24. The molecule has 1 aliphatic rings. The number of rotatable bonds is 6. The summed E-state index contributed by atoms with van der Waals surface area (Å²) in [6, 6.07) is 0.128. The summed E-state index contributed by atoms with van der Waals surface area (Å²) < 4.78 is 27.2. The van der Waals surface area contributed by atoms with E-state index in [2.05, 4.69) is 9.97 Å². The number of H-pyrrole nitrogens is 1. The second-order valence-electron chi connectivity index (χ2n) is 5.69. The largest absolute Gasteiger partial charge is 0.332 e. The third-order valence-electron chi connectivity index (χ3n) is 3.77. The summed E-state index contributed by atoms with van der Waals surface area (Å²) in [6.07, 6.45) is 5.56. The first-order chi connectivity index (χ1) is 9.41. The Bertz CT molecular complexity index is 532. The fourth-order valence-corrected chi connectivity index (χ4v) is 4.29. The van der Waals surface area contributed by atoms with Gasteiger partial charge in [0.05, 0.1) is 6.20 Å². The van der Waals surface area contributed by atoms with Crippen LogP contribution in [0.15, 0.2) is 11.2 Å². The SMILES string of the molecule is Cc1ncc(S(=O)(=O)N(CCN(C)C)C2CCCC2)[nH]1. The summed E-state index contributed by atoms with van der Waals surface area (Å²) in [5, 5.41) is 0.209. The number of hydrogen-bond donors (Lipinski definition) is 1. The Kier molecular flexibility index (Phi) is 4.82. The van der Waals surface area contributed by atoms with Gasteiger partial charge in [0.15, 0.2) is 5.03 Å². The molecular formula is C13H24N4O2S. The maximum Gasteiger partial charge on any atom is 0.260 e. The van der Waals surface area contributed by atoms with Gasteiger partial charge in [0, 0.05) is 19.1 Å². The predicted molar refractivity (Wildman–Crippen MR) is 78.0 cm³/mol. The van der Waals surface area contributed by atoms with E-state index >= 15 is 0 Å². The van der Waals surface area contributed by atoms with Gasteiger partial charge in [-0.15, -0.1) is 0 Å². The minimum atomic E-state index is -3.47. The normalized spacial score (nSPS) is 17.4. The number of likely N-dealkylation sites (N-methyl/N-ethyl adjacent to an activating group) is 1. The van der Waals surface area contributed by atoms with Gasteiger partial charge in [-0.25, -0.2) is 13.4 Å². The van der Waals surface area contributed by atoms with Crippen LogP contribution in [0.4, 0.5) is 0 Å². The first-order valence-electron chi connectivity index (χ1n) is 7.09. The molecule has 20 heavy (non-hydrogen) atoms. The summed E-state index contributed by atoms with van der Waals surface area (Å²) in [5.41, 5.74) is 0. The topological polar surface area (TPSA) is 69.3 Å². The van der Waals surface area contributed by atoms with Crippen LogP contribution in [0.3, 0.4) is 0 Å². The van der Waals surface area contributed by atoms with Gasteiger partial charge in [-0.3, -0.25) is 0 Å². The highest BCUT2D eigenvalue weighted by Crippen LogP contribution is 2.27. The van der Waals surface area contributed by atoms with E-state index in [4.69, 9.17) is 0 Å². The molecule has 114 valence electrons. The van der Waals surface area contributed by atoms with Crippen LogP contribution >= 0.6 is 0 Å². The van der Waals surface area contributed by atoms with Crippen molar-refractivity contribution in [1.82, 2.24) is 19.2 Å². The monoisotopic (exact) mass is 300 g/mol. The number of sulfonamides is 1. The van der Waals surface area contributed by atoms with Crippen LogP contribution in [0.25, 0.3) is 0 Å². The molecule has 0 amide bonds. The molecule has 0 atom stereocenters. The Morgan fingerprint density at radius 3 is 2.45 bits per heavy atom. The molecule has 0 spiro atoms. The van der Waals surface area contributed by atoms with E-state index in [0.717, 1.165) is 32.2 Å². The van der Waals surface area contributed by atoms with Crippen molar-refractivity contribution in [3.63, 3.8) is 0 Å². The van der Waals surface area contributed by atoms with E-state index in [9.17, 15) is 8.42 Å². The van der Waals surface area contributed by atoms with Gasteiger partial charge in [-0.1, -0.05) is 12.8 Å². The summed E-state index contributed by atoms with van der Waals surface area (Å²) >= 11 is 0. The van der Waals surface area contributed by atoms with Crippen LogP contribution < -0.4 is 0 Å². The van der Waals surface area contributed by atoms with Crippen LogP contribution in [0.1, 0.15) is 31.5 Å². The Hall–Kier alpha value is -0.920. The minimum absolute atomic E-state index is 0.128. The van der Waals surface area contributed by atoms with E-state index in [-0.39, 0.29) is 11.1 Å². The molecule has 0 unspecified atom stereocenters. The highest BCUT2D eigenvalue weighted by atomic mass is 32.2. The number of nitrogens with one attached hydrogen (secondary N) is 1. The number of hydrogen-bond acceptors (Lipinski definition) is 4. The Labute approximate surface area is 121 Å². The predicted octanol–water partition coefficient (Wildman–Crippen LogP) is 1.21. The van der Waals surface area contributed by atoms with E-state index in [1.165, 1.54) is 6.20 Å². The van der Waals surface area contributed by atoms with E-state index < -0.39 is 10.0 Å². The molecule has 1 heterocycles. The zero-order valence-corrected chi connectivity index (χ0v) is 13.3. The number of aromatic nitrogens is 2. The highest BCUT2D eigenvalue weighted by molar-refractivity contribution is 7.89. The first kappa shape index (κ1) is 15.5. The number of nitrogens with zero attached hydrogens (tertiary/aromatic N) is 3. The van der Waals surface area contributed by atoms with Crippen molar-refractivity contribution >= 4 is 10.0 Å². The van der Waals surface area contributed by atoms with Crippen molar-refractivity contribution in [2.24, 2.45) is 0 Å². The standard InChI is InChI=1S/C13H24N4O2S/c1-11-14-10-13(15-11)20(18,19)17(9-8-16(2)3)12-6-4-5-7-12/h10,12H,4-9H2,1-3H3,(H,14,15). The molecule has 0 aromatic carbocycles. The Morgan fingerprint density at radius 1 is 1.30 bits per heavy atom. The van der Waals surface area contributed by atoms with Gasteiger partial charge in [0.1, 0.15) is 5.82 Å². The molecule has 1 saturated carbocycles. The molecule has 7 heteroatoms. The van der Waals surface area contributed by atoms with Crippen LogP contribution in [0.5, 0.6) is 0 Å². The number of aryl methyl sites for hydroxylation is 1. The molecule has 2 rings (SSSR count). The summed E-state index contributed by atoms with van der Waals surface area (Å²) in [5.74, 6) is 0.627. The van der Waals surface area contributed by atoms with E-state index in [1.807, 2.05) is 19.0 Å². The number of imidazole rings is 1. The molecule has 0 bridgehead atoms. The summed E-state index contributed by atoms with van der Waals surface area (Å²) in [4.78, 5) is 8.88. The van der Waals surface area contributed by atoms with Crippen LogP contribution in [0.2, 0.25) is 0 Å². The molecule has 1 N–H and O–H groups in total. The third kappa shape index (κ3) is 3.39. The molecule has 0 aliphatic heterocycles. The van der Waals surface area contributed by atoms with Crippen molar-refractivity contribution in [2.45, 2.75) is 43.7 Å². The molecule has 0 saturated heterocycles. The number of aromatic amines is 1. The quantitative estimate of drug-likeness (QED) is 0.857. The van der Waals surface area contributed by atoms with Crippen LogP contribution in [-0.4, -0.2) is 60.8 Å². The van der Waals surface area contributed by atoms with E-state index in [0.29, 0.717) is 12.4 Å². The van der Waals surface area contributed by atoms with Gasteiger partial charge in [-0.05, 0) is 33.9 Å². The van der Waals surface area contributed by atoms with Crippen LogP contribution in [-0.2, 0) is 10.0 Å². The zero-order valence-electron chi connectivity index (χ0n) is 12.5. The summed E-state index contributed by atoms with van der Waals surface area (Å²) in [6.45, 7) is 3.01. The second-order valence-corrected chi connectivity index (χ2v) is 7.55. The van der Waals surface area contributed by atoms with Crippen molar-refractivity contribution in [3.05, 3.63) is 12.0 Å². The maximum atomic E-state index is 12.8. The van der Waals surface area contributed by atoms with Crippen molar-refractivity contribution < 1.29 is 8.42 Å². The van der Waals surface area contributed by atoms with E-state index in [1.54, 1.807) is 11.2 Å². The lowest BCUT2D eigenvalue weighted by Crippen LogP contribution is -2.42. The lowest BCUT2D eigenvalue weighted by atomic mass is 10.2. The Morgan fingerprint density at radius 2 is 1.95 bits per heavy atom. The molecular weight excluding hydrogens is 276 g/mol. The van der Waals surface area contributed by atoms with Crippen molar-refractivity contribution in [1.29, 1.82) is 0 Å². The summed E-state index contributed by atoms with van der Waals surface area (Å²) in [7, 11) is 0.446.